The largest absolute Gasteiger partial charge is 0.493 e. The van der Waals surface area contributed by atoms with Gasteiger partial charge < -0.3 is 15.2 Å². The number of anilines is 1. The zero-order valence-corrected chi connectivity index (χ0v) is 12.1. The summed E-state index contributed by atoms with van der Waals surface area (Å²) in [5, 5.41) is 12.4. The Bertz CT molecular complexity index is 610. The lowest BCUT2D eigenvalue weighted by Gasteiger charge is -2.09. The van der Waals surface area contributed by atoms with Crippen LogP contribution in [0.4, 0.5) is 5.69 Å². The molecule has 2 aromatic carbocycles. The van der Waals surface area contributed by atoms with Crippen molar-refractivity contribution in [3.63, 3.8) is 0 Å². The van der Waals surface area contributed by atoms with E-state index in [0.717, 1.165) is 43.9 Å². The van der Waals surface area contributed by atoms with Crippen LogP contribution in [-0.4, -0.2) is 18.3 Å². The maximum Gasteiger partial charge on any atom is 0.122 e. The second-order valence-corrected chi connectivity index (χ2v) is 5.42. The number of ether oxygens (including phenoxy) is 1. The van der Waals surface area contributed by atoms with Crippen molar-refractivity contribution in [2.75, 3.05) is 18.5 Å². The van der Waals surface area contributed by atoms with Gasteiger partial charge in [0.25, 0.3) is 0 Å². The molecular formula is C18H21NO2. The van der Waals surface area contributed by atoms with E-state index in [4.69, 9.17) is 9.84 Å². The molecule has 0 saturated carbocycles. The summed E-state index contributed by atoms with van der Waals surface area (Å²) < 4.78 is 5.53. The van der Waals surface area contributed by atoms with Crippen molar-refractivity contribution >= 4 is 5.69 Å². The Morgan fingerprint density at radius 3 is 2.95 bits per heavy atom. The standard InChI is InChI=1S/C18H21NO2/c20-9-2-4-14-3-1-5-17(12-14)19-13-15-6-7-18-16(11-15)8-10-21-18/h1,3,5-7,11-12,19-20H,2,4,8-10,13H2. The average molecular weight is 283 g/mol. The van der Waals surface area contributed by atoms with Gasteiger partial charge >= 0.3 is 0 Å². The van der Waals surface area contributed by atoms with E-state index in [1.54, 1.807) is 0 Å². The number of benzene rings is 2. The predicted molar refractivity (Wildman–Crippen MR) is 84.8 cm³/mol. The van der Waals surface area contributed by atoms with Crippen LogP contribution in [-0.2, 0) is 19.4 Å². The molecule has 0 aromatic heterocycles. The van der Waals surface area contributed by atoms with E-state index in [9.17, 15) is 0 Å². The van der Waals surface area contributed by atoms with E-state index < -0.39 is 0 Å². The Labute approximate surface area is 125 Å². The highest BCUT2D eigenvalue weighted by Crippen LogP contribution is 2.26. The van der Waals surface area contributed by atoms with Crippen molar-refractivity contribution in [2.24, 2.45) is 0 Å². The number of nitrogens with one attached hydrogen (secondary N) is 1. The first-order valence-corrected chi connectivity index (χ1v) is 7.53. The molecule has 1 heterocycles. The second kappa shape index (κ2) is 6.64. The van der Waals surface area contributed by atoms with E-state index in [2.05, 4.69) is 47.8 Å². The third kappa shape index (κ3) is 3.56. The first kappa shape index (κ1) is 14.0. The van der Waals surface area contributed by atoms with Gasteiger partial charge in [0.2, 0.25) is 0 Å². The van der Waals surface area contributed by atoms with Crippen LogP contribution in [0, 0.1) is 0 Å². The Balaban J connectivity index is 1.62. The van der Waals surface area contributed by atoms with Gasteiger partial charge in [-0.15, -0.1) is 0 Å². The number of aliphatic hydroxyl groups excluding tert-OH is 1. The molecule has 3 rings (SSSR count). The lowest BCUT2D eigenvalue weighted by molar-refractivity contribution is 0.288. The molecule has 0 aliphatic carbocycles. The molecule has 1 aliphatic heterocycles. The Hall–Kier alpha value is -2.00. The van der Waals surface area contributed by atoms with Gasteiger partial charge in [-0.25, -0.2) is 0 Å². The van der Waals surface area contributed by atoms with Gasteiger partial charge in [-0.1, -0.05) is 24.3 Å². The second-order valence-electron chi connectivity index (χ2n) is 5.42. The van der Waals surface area contributed by atoms with Gasteiger partial charge in [-0.3, -0.25) is 0 Å². The highest BCUT2D eigenvalue weighted by atomic mass is 16.5. The zero-order chi connectivity index (χ0) is 14.5. The highest BCUT2D eigenvalue weighted by Gasteiger charge is 2.11. The number of rotatable bonds is 6. The van der Waals surface area contributed by atoms with Crippen LogP contribution in [0.15, 0.2) is 42.5 Å². The lowest BCUT2D eigenvalue weighted by atomic mass is 10.1. The monoisotopic (exact) mass is 283 g/mol. The summed E-state index contributed by atoms with van der Waals surface area (Å²) in [5.41, 5.74) is 4.98. The first-order valence-electron chi connectivity index (χ1n) is 7.53. The van der Waals surface area contributed by atoms with Crippen molar-refractivity contribution in [3.05, 3.63) is 59.2 Å². The minimum absolute atomic E-state index is 0.245. The first-order chi connectivity index (χ1) is 10.3. The van der Waals surface area contributed by atoms with E-state index in [1.165, 1.54) is 16.7 Å². The number of hydrogen-bond donors (Lipinski definition) is 2. The van der Waals surface area contributed by atoms with Gasteiger partial charge in [-0.05, 0) is 47.7 Å². The Kier molecular flexibility index (Phi) is 4.41. The van der Waals surface area contributed by atoms with Crippen LogP contribution >= 0.6 is 0 Å². The maximum atomic E-state index is 8.90. The molecule has 1 aliphatic rings. The van der Waals surface area contributed by atoms with Crippen molar-refractivity contribution in [3.8, 4) is 5.75 Å². The fourth-order valence-corrected chi connectivity index (χ4v) is 2.67. The summed E-state index contributed by atoms with van der Waals surface area (Å²) >= 11 is 0. The molecule has 3 heteroatoms. The quantitative estimate of drug-likeness (QED) is 0.855. The van der Waals surface area contributed by atoms with Crippen molar-refractivity contribution in [1.29, 1.82) is 0 Å². The van der Waals surface area contributed by atoms with Crippen LogP contribution < -0.4 is 10.1 Å². The van der Waals surface area contributed by atoms with Crippen LogP contribution in [0.2, 0.25) is 0 Å². The molecule has 0 radical (unpaired) electrons. The molecule has 0 bridgehead atoms. The molecule has 0 saturated heterocycles. The molecular weight excluding hydrogens is 262 g/mol. The van der Waals surface area contributed by atoms with Crippen molar-refractivity contribution < 1.29 is 9.84 Å². The topological polar surface area (TPSA) is 41.5 Å². The summed E-state index contributed by atoms with van der Waals surface area (Å²) in [6.07, 6.45) is 2.75. The van der Waals surface area contributed by atoms with E-state index in [-0.39, 0.29) is 6.61 Å². The molecule has 2 aromatic rings. The number of hydrogen-bond acceptors (Lipinski definition) is 3. The Morgan fingerprint density at radius 2 is 2.05 bits per heavy atom. The summed E-state index contributed by atoms with van der Waals surface area (Å²) in [5.74, 6) is 1.03. The van der Waals surface area contributed by atoms with Gasteiger partial charge in [0.1, 0.15) is 5.75 Å². The van der Waals surface area contributed by atoms with Crippen molar-refractivity contribution in [2.45, 2.75) is 25.8 Å². The summed E-state index contributed by atoms with van der Waals surface area (Å²) in [6.45, 7) is 1.87. The summed E-state index contributed by atoms with van der Waals surface area (Å²) in [4.78, 5) is 0. The highest BCUT2D eigenvalue weighted by molar-refractivity contribution is 5.47. The average Bonchev–Trinajstić information content (AvgIpc) is 2.99. The minimum Gasteiger partial charge on any atom is -0.493 e. The number of aliphatic hydroxyl groups is 1. The molecule has 0 unspecified atom stereocenters. The minimum atomic E-state index is 0.245. The molecule has 0 fully saturated rings. The molecule has 21 heavy (non-hydrogen) atoms. The number of aryl methyl sites for hydroxylation is 1. The molecule has 0 spiro atoms. The lowest BCUT2D eigenvalue weighted by Crippen LogP contribution is -2.00. The van der Waals surface area contributed by atoms with Gasteiger partial charge in [0.05, 0.1) is 6.61 Å². The zero-order valence-electron chi connectivity index (χ0n) is 12.1. The van der Waals surface area contributed by atoms with Gasteiger partial charge in [-0.2, -0.15) is 0 Å². The van der Waals surface area contributed by atoms with Crippen LogP contribution in [0.1, 0.15) is 23.1 Å². The molecule has 2 N–H and O–H groups in total. The number of fused-ring (bicyclic) bond motifs is 1. The van der Waals surface area contributed by atoms with Crippen LogP contribution in [0.25, 0.3) is 0 Å². The van der Waals surface area contributed by atoms with Crippen molar-refractivity contribution in [1.82, 2.24) is 0 Å². The molecule has 0 atom stereocenters. The van der Waals surface area contributed by atoms with Gasteiger partial charge in [0.15, 0.2) is 0 Å². The fraction of sp³-hybridized carbons (Fsp3) is 0.333. The maximum absolute atomic E-state index is 8.90. The Morgan fingerprint density at radius 1 is 1.10 bits per heavy atom. The van der Waals surface area contributed by atoms with Crippen LogP contribution in [0.3, 0.4) is 0 Å². The third-order valence-electron chi connectivity index (χ3n) is 3.80. The van der Waals surface area contributed by atoms with Gasteiger partial charge in [0, 0.05) is 25.3 Å². The smallest absolute Gasteiger partial charge is 0.122 e. The molecule has 0 amide bonds. The molecule has 110 valence electrons. The summed E-state index contributed by atoms with van der Waals surface area (Å²) in [6, 6.07) is 14.8. The van der Waals surface area contributed by atoms with E-state index in [0.29, 0.717) is 0 Å². The van der Waals surface area contributed by atoms with E-state index >= 15 is 0 Å². The normalized spacial score (nSPS) is 12.8. The predicted octanol–water partition coefficient (Wildman–Crippen LogP) is 3.16. The van der Waals surface area contributed by atoms with Crippen LogP contribution in [0.5, 0.6) is 5.75 Å². The SMILES string of the molecule is OCCCc1cccc(NCc2ccc3c(c2)CCO3)c1. The third-order valence-corrected chi connectivity index (χ3v) is 3.80. The fourth-order valence-electron chi connectivity index (χ4n) is 2.67. The molecule has 3 nitrogen and oxygen atoms in total. The summed E-state index contributed by atoms with van der Waals surface area (Å²) in [7, 11) is 0. The van der Waals surface area contributed by atoms with E-state index in [1.807, 2.05) is 0 Å².